The molecule has 0 aromatic heterocycles. The molecule has 2 atom stereocenters. The van der Waals surface area contributed by atoms with Crippen molar-refractivity contribution in [1.29, 1.82) is 0 Å². The molecule has 16 heavy (non-hydrogen) atoms. The van der Waals surface area contributed by atoms with Crippen LogP contribution in [0, 0.1) is 0 Å². The van der Waals surface area contributed by atoms with Gasteiger partial charge in [-0.2, -0.15) is 0 Å². The molecule has 2 saturated heterocycles. The summed E-state index contributed by atoms with van der Waals surface area (Å²) in [6, 6.07) is 0.0280. The molecule has 0 aromatic carbocycles. The zero-order valence-electron chi connectivity index (χ0n) is 9.06. The molecule has 7 heteroatoms. The standard InChI is InChI=1S/C9H15N3O2S.ClH/c1-6-4-12(3-2-10-6)8(13)7-5-15-9(14)11-7;/h6-7,10H,2-5H2,1H3,(H,11,14);1H/t6?,7-;/m0./s1. The van der Waals surface area contributed by atoms with Crippen LogP contribution in [0.4, 0.5) is 4.79 Å². The van der Waals surface area contributed by atoms with Gasteiger partial charge in [0.15, 0.2) is 0 Å². The lowest BCUT2D eigenvalue weighted by Crippen LogP contribution is -2.55. The van der Waals surface area contributed by atoms with E-state index in [1.54, 1.807) is 0 Å². The highest BCUT2D eigenvalue weighted by Gasteiger charge is 2.32. The van der Waals surface area contributed by atoms with E-state index in [2.05, 4.69) is 17.6 Å². The van der Waals surface area contributed by atoms with Gasteiger partial charge in [-0.15, -0.1) is 12.4 Å². The zero-order valence-corrected chi connectivity index (χ0v) is 10.7. The summed E-state index contributed by atoms with van der Waals surface area (Å²) >= 11 is 1.19. The van der Waals surface area contributed by atoms with Crippen molar-refractivity contribution >= 4 is 35.3 Å². The number of rotatable bonds is 1. The summed E-state index contributed by atoms with van der Waals surface area (Å²) < 4.78 is 0. The predicted octanol–water partition coefficient (Wildman–Crippen LogP) is 0.0535. The summed E-state index contributed by atoms with van der Waals surface area (Å²) in [7, 11) is 0. The number of nitrogens with one attached hydrogen (secondary N) is 2. The van der Waals surface area contributed by atoms with Gasteiger partial charge in [0.2, 0.25) is 5.91 Å². The molecule has 2 rings (SSSR count). The number of hydrogen-bond acceptors (Lipinski definition) is 4. The van der Waals surface area contributed by atoms with Crippen molar-refractivity contribution in [2.24, 2.45) is 0 Å². The average Bonchev–Trinajstić information content (AvgIpc) is 2.64. The number of carbonyl (C=O) groups excluding carboxylic acids is 2. The van der Waals surface area contributed by atoms with E-state index in [9.17, 15) is 9.59 Å². The second-order valence-electron chi connectivity index (χ2n) is 3.93. The van der Waals surface area contributed by atoms with Crippen molar-refractivity contribution in [2.45, 2.75) is 19.0 Å². The maximum Gasteiger partial charge on any atom is 0.279 e. The van der Waals surface area contributed by atoms with Crippen LogP contribution in [-0.2, 0) is 4.79 Å². The topological polar surface area (TPSA) is 61.4 Å². The van der Waals surface area contributed by atoms with Gasteiger partial charge < -0.3 is 15.5 Å². The van der Waals surface area contributed by atoms with Crippen LogP contribution < -0.4 is 10.6 Å². The summed E-state index contributed by atoms with van der Waals surface area (Å²) in [6.07, 6.45) is 0. The van der Waals surface area contributed by atoms with Gasteiger partial charge in [-0.25, -0.2) is 0 Å². The highest BCUT2D eigenvalue weighted by molar-refractivity contribution is 8.14. The second-order valence-corrected chi connectivity index (χ2v) is 4.93. The number of nitrogens with zero attached hydrogens (tertiary/aromatic N) is 1. The number of halogens is 1. The minimum Gasteiger partial charge on any atom is -0.338 e. The molecule has 2 aliphatic rings. The Bertz CT molecular complexity index is 290. The Morgan fingerprint density at radius 2 is 2.31 bits per heavy atom. The predicted molar refractivity (Wildman–Crippen MR) is 66.1 cm³/mol. The van der Waals surface area contributed by atoms with Crippen molar-refractivity contribution in [2.75, 3.05) is 25.4 Å². The van der Waals surface area contributed by atoms with Crippen molar-refractivity contribution in [3.05, 3.63) is 0 Å². The van der Waals surface area contributed by atoms with Gasteiger partial charge >= 0.3 is 0 Å². The third kappa shape index (κ3) is 3.02. The van der Waals surface area contributed by atoms with Gasteiger partial charge in [0.1, 0.15) is 6.04 Å². The van der Waals surface area contributed by atoms with Crippen LogP contribution in [0.1, 0.15) is 6.92 Å². The molecule has 2 aliphatic heterocycles. The van der Waals surface area contributed by atoms with Gasteiger partial charge in [-0.1, -0.05) is 11.8 Å². The molecule has 0 aromatic rings. The molecule has 92 valence electrons. The largest absolute Gasteiger partial charge is 0.338 e. The fourth-order valence-corrected chi connectivity index (χ4v) is 2.64. The second kappa shape index (κ2) is 5.75. The first kappa shape index (κ1) is 13.6. The SMILES string of the molecule is CC1CN(C(=O)[C@@H]2CSC(=O)N2)CCN1.Cl. The molecule has 0 aliphatic carbocycles. The maximum absolute atomic E-state index is 12.0. The molecule has 0 bridgehead atoms. The molecular formula is C9H16ClN3O2S. The summed E-state index contributed by atoms with van der Waals surface area (Å²) in [6.45, 7) is 4.36. The highest BCUT2D eigenvalue weighted by Crippen LogP contribution is 2.15. The molecular weight excluding hydrogens is 250 g/mol. The van der Waals surface area contributed by atoms with Gasteiger partial charge in [-0.05, 0) is 6.92 Å². The molecule has 2 N–H and O–H groups in total. The first-order valence-electron chi connectivity index (χ1n) is 5.12. The number of hydrogen-bond donors (Lipinski definition) is 2. The molecule has 5 nitrogen and oxygen atoms in total. The Kier molecular flexibility index (Phi) is 4.89. The normalized spacial score (nSPS) is 29.6. The van der Waals surface area contributed by atoms with E-state index in [0.29, 0.717) is 11.8 Å². The van der Waals surface area contributed by atoms with E-state index in [4.69, 9.17) is 0 Å². The maximum atomic E-state index is 12.0. The first-order chi connectivity index (χ1) is 7.16. The lowest BCUT2D eigenvalue weighted by Gasteiger charge is -2.33. The summed E-state index contributed by atoms with van der Waals surface area (Å²) in [4.78, 5) is 24.8. The van der Waals surface area contributed by atoms with E-state index < -0.39 is 0 Å². The van der Waals surface area contributed by atoms with Crippen LogP contribution in [0.25, 0.3) is 0 Å². The molecule has 2 heterocycles. The van der Waals surface area contributed by atoms with Crippen LogP contribution in [0.15, 0.2) is 0 Å². The summed E-state index contributed by atoms with van der Waals surface area (Å²) in [5.41, 5.74) is 0. The Labute approximate surface area is 105 Å². The van der Waals surface area contributed by atoms with E-state index in [0.717, 1.165) is 19.6 Å². The number of piperazine rings is 1. The third-order valence-electron chi connectivity index (χ3n) is 2.65. The van der Waals surface area contributed by atoms with E-state index in [1.807, 2.05) is 4.90 Å². The quantitative estimate of drug-likeness (QED) is 0.704. The van der Waals surface area contributed by atoms with Crippen LogP contribution in [0.2, 0.25) is 0 Å². The Morgan fingerprint density at radius 1 is 1.56 bits per heavy atom. The lowest BCUT2D eigenvalue weighted by molar-refractivity contribution is -0.133. The molecule has 0 saturated carbocycles. The van der Waals surface area contributed by atoms with Crippen molar-refractivity contribution in [3.63, 3.8) is 0 Å². The van der Waals surface area contributed by atoms with E-state index in [-0.39, 0.29) is 29.6 Å². The Morgan fingerprint density at radius 3 is 2.88 bits per heavy atom. The first-order valence-corrected chi connectivity index (χ1v) is 6.11. The number of amides is 2. The van der Waals surface area contributed by atoms with Crippen molar-refractivity contribution < 1.29 is 9.59 Å². The average molecular weight is 266 g/mol. The Balaban J connectivity index is 0.00000128. The third-order valence-corrected chi connectivity index (χ3v) is 3.53. The Hall–Kier alpha value is -0.460. The van der Waals surface area contributed by atoms with Crippen LogP contribution in [0.3, 0.4) is 0 Å². The van der Waals surface area contributed by atoms with Gasteiger partial charge in [0.25, 0.3) is 5.24 Å². The summed E-state index contributed by atoms with van der Waals surface area (Å²) in [5, 5.41) is 5.87. The van der Waals surface area contributed by atoms with Gasteiger partial charge in [0.05, 0.1) is 0 Å². The smallest absolute Gasteiger partial charge is 0.279 e. The van der Waals surface area contributed by atoms with Crippen molar-refractivity contribution in [3.8, 4) is 0 Å². The van der Waals surface area contributed by atoms with Crippen molar-refractivity contribution in [1.82, 2.24) is 15.5 Å². The van der Waals surface area contributed by atoms with E-state index in [1.165, 1.54) is 11.8 Å². The number of carbonyl (C=O) groups is 2. The molecule has 0 radical (unpaired) electrons. The fraction of sp³-hybridized carbons (Fsp3) is 0.778. The van der Waals surface area contributed by atoms with Gasteiger partial charge in [-0.3, -0.25) is 9.59 Å². The summed E-state index contributed by atoms with van der Waals surface area (Å²) in [5.74, 6) is 0.623. The van der Waals surface area contributed by atoms with Crippen LogP contribution in [0.5, 0.6) is 0 Å². The molecule has 2 fully saturated rings. The molecule has 1 unspecified atom stereocenters. The minimum atomic E-state index is -0.312. The lowest BCUT2D eigenvalue weighted by atomic mass is 10.2. The van der Waals surface area contributed by atoms with Crippen LogP contribution >= 0.6 is 24.2 Å². The monoisotopic (exact) mass is 265 g/mol. The van der Waals surface area contributed by atoms with Crippen LogP contribution in [-0.4, -0.2) is 53.5 Å². The van der Waals surface area contributed by atoms with E-state index >= 15 is 0 Å². The molecule has 0 spiro atoms. The highest BCUT2D eigenvalue weighted by atomic mass is 35.5. The molecule has 2 amide bonds. The number of thioether (sulfide) groups is 1. The van der Waals surface area contributed by atoms with Gasteiger partial charge in [0, 0.05) is 31.4 Å². The zero-order chi connectivity index (χ0) is 10.8. The fourth-order valence-electron chi connectivity index (χ4n) is 1.87. The minimum absolute atomic E-state index is 0.